The van der Waals surface area contributed by atoms with Crippen LogP contribution in [0.1, 0.15) is 26.2 Å². The zero-order valence-electron chi connectivity index (χ0n) is 8.36. The first-order valence-corrected chi connectivity index (χ1v) is 6.34. The van der Waals surface area contributed by atoms with Gasteiger partial charge in [-0.05, 0) is 6.42 Å². The van der Waals surface area contributed by atoms with E-state index in [0.717, 1.165) is 6.42 Å². The highest BCUT2D eigenvalue weighted by Gasteiger charge is 2.35. The summed E-state index contributed by atoms with van der Waals surface area (Å²) in [5.74, 6) is -1.55. The number of rotatable bonds is 5. The van der Waals surface area contributed by atoms with Gasteiger partial charge in [-0.2, -0.15) is 0 Å². The zero-order valence-corrected chi connectivity index (χ0v) is 9.17. The summed E-state index contributed by atoms with van der Waals surface area (Å²) in [5.41, 5.74) is 0. The lowest BCUT2D eigenvalue weighted by molar-refractivity contribution is -0.152. The van der Waals surface area contributed by atoms with Crippen LogP contribution in [0.2, 0.25) is 0 Å². The van der Waals surface area contributed by atoms with Crippen molar-refractivity contribution < 1.29 is 22.7 Å². The summed E-state index contributed by atoms with van der Waals surface area (Å²) in [6.45, 7) is 1.86. The number of hydrogen-bond donors (Lipinski definition) is 1. The minimum atomic E-state index is -3.49. The summed E-state index contributed by atoms with van der Waals surface area (Å²) >= 11 is 0. The van der Waals surface area contributed by atoms with E-state index >= 15 is 0 Å². The Labute approximate surface area is 88.0 Å². The van der Waals surface area contributed by atoms with E-state index in [1.54, 1.807) is 0 Å². The number of unbranched alkanes of at least 4 members (excludes halogenated alkanes) is 1. The molecule has 0 unspecified atom stereocenters. The lowest BCUT2D eigenvalue weighted by Crippen LogP contribution is -2.39. The Morgan fingerprint density at radius 2 is 2.13 bits per heavy atom. The average Bonchev–Trinajstić information content (AvgIpc) is 2.41. The van der Waals surface area contributed by atoms with Gasteiger partial charge in [-0.3, -0.25) is 4.79 Å². The van der Waals surface area contributed by atoms with Crippen molar-refractivity contribution in [1.29, 1.82) is 0 Å². The molecule has 1 aliphatic heterocycles. The molecule has 0 bridgehead atoms. The molecule has 0 aliphatic carbocycles. The number of nitrogens with one attached hydrogen (secondary N) is 1. The molecule has 0 aromatic heterocycles. The Morgan fingerprint density at radius 3 is 2.60 bits per heavy atom. The van der Waals surface area contributed by atoms with Gasteiger partial charge in [0.05, 0.1) is 12.2 Å². The van der Waals surface area contributed by atoms with Crippen molar-refractivity contribution in [3.63, 3.8) is 0 Å². The second-order valence-electron chi connectivity index (χ2n) is 3.34. The van der Waals surface area contributed by atoms with Crippen molar-refractivity contribution in [2.75, 3.05) is 5.75 Å². The topological polar surface area (TPSA) is 89.5 Å². The van der Waals surface area contributed by atoms with Crippen LogP contribution in [-0.2, 0) is 24.3 Å². The van der Waals surface area contributed by atoms with Gasteiger partial charge in [0.2, 0.25) is 10.0 Å². The molecule has 0 aromatic rings. The van der Waals surface area contributed by atoms with E-state index in [-0.39, 0.29) is 12.2 Å². The number of cyclic esters (lactones) is 2. The fourth-order valence-corrected chi connectivity index (χ4v) is 2.57. The first-order valence-electron chi connectivity index (χ1n) is 4.69. The SMILES string of the molecule is CCCCS(=O)(=O)N[C@H]1CC(=O)OC1=O. The van der Waals surface area contributed by atoms with Crippen LogP contribution in [0.3, 0.4) is 0 Å². The van der Waals surface area contributed by atoms with E-state index in [9.17, 15) is 18.0 Å². The van der Waals surface area contributed by atoms with Crippen molar-refractivity contribution in [2.24, 2.45) is 0 Å². The second-order valence-corrected chi connectivity index (χ2v) is 5.21. The molecule has 1 N–H and O–H groups in total. The normalized spacial score (nSPS) is 21.8. The van der Waals surface area contributed by atoms with Crippen molar-refractivity contribution >= 4 is 22.0 Å². The van der Waals surface area contributed by atoms with Crippen molar-refractivity contribution in [2.45, 2.75) is 32.2 Å². The summed E-state index contributed by atoms with van der Waals surface area (Å²) in [6.07, 6.45) is 1.05. The van der Waals surface area contributed by atoms with Gasteiger partial charge < -0.3 is 4.74 Å². The third-order valence-electron chi connectivity index (χ3n) is 1.96. The number of carbonyl (C=O) groups is 2. The van der Waals surface area contributed by atoms with Crippen LogP contribution in [0, 0.1) is 0 Å². The molecule has 7 heteroatoms. The van der Waals surface area contributed by atoms with E-state index < -0.39 is 28.0 Å². The molecular weight excluding hydrogens is 222 g/mol. The van der Waals surface area contributed by atoms with E-state index in [1.165, 1.54) is 0 Å². The maximum Gasteiger partial charge on any atom is 0.332 e. The van der Waals surface area contributed by atoms with Crippen LogP contribution in [0.25, 0.3) is 0 Å². The Hall–Kier alpha value is -0.950. The fourth-order valence-electron chi connectivity index (χ4n) is 1.17. The molecule has 1 saturated heterocycles. The van der Waals surface area contributed by atoms with Gasteiger partial charge in [0.25, 0.3) is 0 Å². The highest BCUT2D eigenvalue weighted by atomic mass is 32.2. The zero-order chi connectivity index (χ0) is 11.5. The number of carbonyl (C=O) groups excluding carboxylic acids is 2. The molecule has 1 fully saturated rings. The lowest BCUT2D eigenvalue weighted by atomic mass is 10.3. The number of ether oxygens (including phenoxy) is 1. The Balaban J connectivity index is 2.54. The maximum absolute atomic E-state index is 11.4. The van der Waals surface area contributed by atoms with Crippen molar-refractivity contribution in [3.05, 3.63) is 0 Å². The predicted octanol–water partition coefficient (Wildman–Crippen LogP) is -0.452. The molecule has 0 aromatic carbocycles. The monoisotopic (exact) mass is 235 g/mol. The molecule has 1 heterocycles. The number of hydrogen-bond acceptors (Lipinski definition) is 5. The van der Waals surface area contributed by atoms with Crippen LogP contribution in [-0.4, -0.2) is 32.2 Å². The molecule has 15 heavy (non-hydrogen) atoms. The first kappa shape index (κ1) is 12.1. The molecule has 1 aliphatic rings. The van der Waals surface area contributed by atoms with Crippen LogP contribution in [0.4, 0.5) is 0 Å². The third kappa shape index (κ3) is 3.60. The first-order chi connectivity index (χ1) is 6.94. The third-order valence-corrected chi connectivity index (χ3v) is 3.43. The molecule has 6 nitrogen and oxygen atoms in total. The van der Waals surface area contributed by atoms with E-state index in [0.29, 0.717) is 6.42 Å². The molecule has 0 radical (unpaired) electrons. The van der Waals surface area contributed by atoms with Crippen molar-refractivity contribution in [3.8, 4) is 0 Å². The van der Waals surface area contributed by atoms with Gasteiger partial charge in [-0.25, -0.2) is 17.9 Å². The van der Waals surface area contributed by atoms with E-state index in [2.05, 4.69) is 9.46 Å². The summed E-state index contributed by atoms with van der Waals surface area (Å²) in [6, 6.07) is -1.04. The maximum atomic E-state index is 11.4. The summed E-state index contributed by atoms with van der Waals surface area (Å²) in [5, 5.41) is 0. The van der Waals surface area contributed by atoms with Gasteiger partial charge in [0.1, 0.15) is 6.04 Å². The predicted molar refractivity (Wildman–Crippen MR) is 51.3 cm³/mol. The highest BCUT2D eigenvalue weighted by Crippen LogP contribution is 2.09. The summed E-state index contributed by atoms with van der Waals surface area (Å²) in [4.78, 5) is 21.7. The summed E-state index contributed by atoms with van der Waals surface area (Å²) in [7, 11) is -3.49. The number of sulfonamides is 1. The second kappa shape index (κ2) is 4.71. The highest BCUT2D eigenvalue weighted by molar-refractivity contribution is 7.89. The van der Waals surface area contributed by atoms with Crippen LogP contribution >= 0.6 is 0 Å². The quantitative estimate of drug-likeness (QED) is 0.515. The van der Waals surface area contributed by atoms with Gasteiger partial charge in [0, 0.05) is 0 Å². The van der Waals surface area contributed by atoms with Crippen LogP contribution in [0.15, 0.2) is 0 Å². The molecule has 1 atom stereocenters. The van der Waals surface area contributed by atoms with E-state index in [4.69, 9.17) is 0 Å². The molecule has 86 valence electrons. The average molecular weight is 235 g/mol. The van der Waals surface area contributed by atoms with Crippen LogP contribution in [0.5, 0.6) is 0 Å². The lowest BCUT2D eigenvalue weighted by Gasteiger charge is -2.08. The minimum Gasteiger partial charge on any atom is -0.392 e. The van der Waals surface area contributed by atoms with Gasteiger partial charge >= 0.3 is 11.9 Å². The largest absolute Gasteiger partial charge is 0.392 e. The van der Waals surface area contributed by atoms with Gasteiger partial charge in [-0.1, -0.05) is 13.3 Å². The molecule has 0 amide bonds. The fraction of sp³-hybridized carbons (Fsp3) is 0.750. The van der Waals surface area contributed by atoms with Gasteiger partial charge in [-0.15, -0.1) is 0 Å². The molecular formula is C8H13NO5S. The molecule has 0 spiro atoms. The van der Waals surface area contributed by atoms with Crippen molar-refractivity contribution in [1.82, 2.24) is 4.72 Å². The Morgan fingerprint density at radius 1 is 1.47 bits per heavy atom. The Bertz CT molecular complexity index is 361. The smallest absolute Gasteiger partial charge is 0.332 e. The molecule has 0 saturated carbocycles. The molecule has 1 rings (SSSR count). The number of esters is 2. The van der Waals surface area contributed by atoms with Gasteiger partial charge in [0.15, 0.2) is 0 Å². The minimum absolute atomic E-state index is 0.0402. The Kier molecular flexibility index (Phi) is 3.81. The van der Waals surface area contributed by atoms with E-state index in [1.807, 2.05) is 6.92 Å². The standard InChI is InChI=1S/C8H13NO5S/c1-2-3-4-15(12,13)9-6-5-7(10)14-8(6)11/h6,9H,2-5H2,1H3/t6-/m0/s1. The summed E-state index contributed by atoms with van der Waals surface area (Å²) < 4.78 is 29.1. The van der Waals surface area contributed by atoms with Crippen LogP contribution < -0.4 is 4.72 Å².